The summed E-state index contributed by atoms with van der Waals surface area (Å²) in [6, 6.07) is 5.83. The third kappa shape index (κ3) is 1.65. The van der Waals surface area contributed by atoms with Gasteiger partial charge in [-0.3, -0.25) is 0 Å². The Morgan fingerprint density at radius 3 is 2.39 bits per heavy atom. The van der Waals surface area contributed by atoms with E-state index in [0.29, 0.717) is 0 Å². The van der Waals surface area contributed by atoms with Crippen molar-refractivity contribution in [3.05, 3.63) is 40.4 Å². The molecule has 7 nitrogen and oxygen atoms in total. The Kier molecular flexibility index (Phi) is 2.88. The average molecular weight is 250 g/mol. The van der Waals surface area contributed by atoms with Crippen molar-refractivity contribution in [2.45, 2.75) is 6.92 Å². The highest BCUT2D eigenvalue weighted by Crippen LogP contribution is 2.14. The molecule has 0 spiro atoms. The average Bonchev–Trinajstić information content (AvgIpc) is 2.37. The van der Waals surface area contributed by atoms with E-state index in [1.165, 1.54) is 12.1 Å². The number of ether oxygens (including phenoxy) is 1. The zero-order chi connectivity index (χ0) is 13.3. The minimum Gasteiger partial charge on any atom is -0.617 e. The van der Waals surface area contributed by atoms with Crippen LogP contribution in [0.4, 0.5) is 0 Å². The van der Waals surface area contributed by atoms with Crippen LogP contribution >= 0.6 is 0 Å². The van der Waals surface area contributed by atoms with Gasteiger partial charge in [0, 0.05) is 12.1 Å². The number of benzene rings is 1. The lowest BCUT2D eigenvalue weighted by Gasteiger charge is -2.08. The van der Waals surface area contributed by atoms with Gasteiger partial charge in [-0.15, -0.1) is 9.46 Å². The first-order chi connectivity index (χ1) is 8.57. The summed E-state index contributed by atoms with van der Waals surface area (Å²) in [6.45, 7) is 1.58. The number of carbonyl (C=O) groups is 1. The number of nitrogens with zero attached hydrogens (tertiary/aromatic N) is 2. The fraction of sp³-hybridized carbons (Fsp3) is 0.182. The van der Waals surface area contributed by atoms with Gasteiger partial charge in [0.15, 0.2) is 0 Å². The summed E-state index contributed by atoms with van der Waals surface area (Å²) in [4.78, 5) is 11.5. The Balaban J connectivity index is 2.78. The largest absolute Gasteiger partial charge is 0.617 e. The van der Waals surface area contributed by atoms with Crippen LogP contribution in [-0.2, 0) is 4.74 Å². The van der Waals surface area contributed by atoms with Crippen LogP contribution < -0.4 is 9.46 Å². The molecule has 0 amide bonds. The molecule has 0 saturated carbocycles. The van der Waals surface area contributed by atoms with Crippen LogP contribution in [0, 0.1) is 10.4 Å². The van der Waals surface area contributed by atoms with Crippen molar-refractivity contribution < 1.29 is 24.1 Å². The monoisotopic (exact) mass is 250 g/mol. The van der Waals surface area contributed by atoms with Gasteiger partial charge in [-0.05, 0) is 6.92 Å². The second-order valence-corrected chi connectivity index (χ2v) is 3.47. The number of hydrogen-bond donors (Lipinski definition) is 1. The Morgan fingerprint density at radius 2 is 1.83 bits per heavy atom. The maximum absolute atomic E-state index is 11.9. The van der Waals surface area contributed by atoms with Crippen LogP contribution in [0.2, 0.25) is 0 Å². The first kappa shape index (κ1) is 11.9. The molecule has 0 saturated heterocycles. The topological polar surface area (TPSA) is 100 Å². The molecule has 0 aliphatic rings. The number of hydrogen-bond acceptors (Lipinski definition) is 5. The van der Waals surface area contributed by atoms with Crippen molar-refractivity contribution in [1.82, 2.24) is 0 Å². The molecule has 0 unspecified atom stereocenters. The lowest BCUT2D eigenvalue weighted by molar-refractivity contribution is -0.636. The summed E-state index contributed by atoms with van der Waals surface area (Å²) in [5.41, 5.74) is -0.767. The third-order valence-corrected chi connectivity index (χ3v) is 2.40. The Bertz CT molecular complexity index is 626. The van der Waals surface area contributed by atoms with E-state index in [2.05, 4.69) is 4.74 Å². The van der Waals surface area contributed by atoms with Gasteiger partial charge >= 0.3 is 17.5 Å². The van der Waals surface area contributed by atoms with Crippen LogP contribution in [0.5, 0.6) is 5.88 Å². The van der Waals surface area contributed by atoms with Crippen molar-refractivity contribution in [3.63, 3.8) is 0 Å². The summed E-state index contributed by atoms with van der Waals surface area (Å²) < 4.78 is 4.93. The smallest absolute Gasteiger partial charge is 0.461 e. The van der Waals surface area contributed by atoms with E-state index >= 15 is 0 Å². The molecule has 0 radical (unpaired) electrons. The third-order valence-electron chi connectivity index (χ3n) is 2.40. The molecule has 0 fully saturated rings. The van der Waals surface area contributed by atoms with E-state index in [9.17, 15) is 20.3 Å². The minimum absolute atomic E-state index is 0.0200. The minimum atomic E-state index is -1.04. The molecule has 2 rings (SSSR count). The summed E-state index contributed by atoms with van der Waals surface area (Å²) in [7, 11) is 0. The van der Waals surface area contributed by atoms with Crippen LogP contribution in [0.25, 0.3) is 11.0 Å². The SMILES string of the molecule is CCOC(=O)c1c(O)[n+]([O-])c2ccccc2[n+]1[O-]. The van der Waals surface area contributed by atoms with Gasteiger partial charge in [0.25, 0.3) is 11.0 Å². The molecule has 1 aromatic carbocycles. The normalized spacial score (nSPS) is 10.5. The van der Waals surface area contributed by atoms with Gasteiger partial charge in [-0.2, -0.15) is 0 Å². The predicted octanol–water partition coefficient (Wildman–Crippen LogP) is -0.0111. The zero-order valence-electron chi connectivity index (χ0n) is 9.49. The van der Waals surface area contributed by atoms with E-state index in [1.54, 1.807) is 19.1 Å². The Hall–Kier alpha value is -2.57. The number of aromatic hydroxyl groups is 1. The standard InChI is InChI=1S/C11H10N2O5/c1-2-18-11(15)9-10(14)13(17)8-6-4-3-5-7(8)12(9)16/h3-6,14H,2H2,1H3. The van der Waals surface area contributed by atoms with E-state index < -0.39 is 17.5 Å². The van der Waals surface area contributed by atoms with Gasteiger partial charge < -0.3 is 20.3 Å². The lowest BCUT2D eigenvalue weighted by atomic mass is 10.3. The molecule has 1 N–H and O–H groups in total. The van der Waals surface area contributed by atoms with Crippen LogP contribution in [0.3, 0.4) is 0 Å². The molecule has 0 aliphatic carbocycles. The van der Waals surface area contributed by atoms with E-state index in [0.717, 1.165) is 0 Å². The van der Waals surface area contributed by atoms with Crippen LogP contribution in [0.1, 0.15) is 17.4 Å². The molecule has 18 heavy (non-hydrogen) atoms. The number of para-hydroxylation sites is 2. The number of fused-ring (bicyclic) bond motifs is 1. The summed E-state index contributed by atoms with van der Waals surface area (Å²) >= 11 is 0. The van der Waals surface area contributed by atoms with Gasteiger partial charge in [-0.25, -0.2) is 4.79 Å². The summed E-state index contributed by atoms with van der Waals surface area (Å²) in [5.74, 6) is -2.01. The highest BCUT2D eigenvalue weighted by Gasteiger charge is 2.34. The van der Waals surface area contributed by atoms with Crippen LogP contribution in [0.15, 0.2) is 24.3 Å². The molecule has 7 heteroatoms. The van der Waals surface area contributed by atoms with E-state index in [1.807, 2.05) is 0 Å². The fourth-order valence-corrected chi connectivity index (χ4v) is 1.60. The van der Waals surface area contributed by atoms with Gasteiger partial charge in [-0.1, -0.05) is 12.1 Å². The predicted molar refractivity (Wildman–Crippen MR) is 59.5 cm³/mol. The van der Waals surface area contributed by atoms with Crippen molar-refractivity contribution in [1.29, 1.82) is 0 Å². The molecule has 1 heterocycles. The van der Waals surface area contributed by atoms with E-state index in [-0.39, 0.29) is 27.1 Å². The number of esters is 1. The molecule has 0 aliphatic heterocycles. The second-order valence-electron chi connectivity index (χ2n) is 3.47. The van der Waals surface area contributed by atoms with Gasteiger partial charge in [0.1, 0.15) is 0 Å². The van der Waals surface area contributed by atoms with Crippen molar-refractivity contribution in [2.75, 3.05) is 6.61 Å². The Labute approximate surface area is 102 Å². The molecule has 0 bridgehead atoms. The number of carbonyl (C=O) groups excluding carboxylic acids is 1. The number of aromatic nitrogens is 2. The first-order valence-corrected chi connectivity index (χ1v) is 5.21. The van der Waals surface area contributed by atoms with Gasteiger partial charge in [0.05, 0.1) is 6.61 Å². The zero-order valence-corrected chi connectivity index (χ0v) is 9.49. The highest BCUT2D eigenvalue weighted by atomic mass is 16.5. The first-order valence-electron chi connectivity index (χ1n) is 5.21. The van der Waals surface area contributed by atoms with Crippen LogP contribution in [-0.4, -0.2) is 17.7 Å². The molecular weight excluding hydrogens is 240 g/mol. The quantitative estimate of drug-likeness (QED) is 0.459. The Morgan fingerprint density at radius 1 is 1.28 bits per heavy atom. The van der Waals surface area contributed by atoms with Crippen molar-refractivity contribution in [2.24, 2.45) is 0 Å². The maximum Gasteiger partial charge on any atom is 0.461 e. The van der Waals surface area contributed by atoms with Gasteiger partial charge in [0.2, 0.25) is 0 Å². The van der Waals surface area contributed by atoms with Crippen molar-refractivity contribution in [3.8, 4) is 5.88 Å². The number of rotatable bonds is 2. The molecule has 2 aromatic rings. The summed E-state index contributed by atoms with van der Waals surface area (Å²) in [5, 5.41) is 33.2. The lowest BCUT2D eigenvalue weighted by Crippen LogP contribution is -2.44. The highest BCUT2D eigenvalue weighted by molar-refractivity contribution is 5.88. The van der Waals surface area contributed by atoms with E-state index in [4.69, 9.17) is 0 Å². The second kappa shape index (κ2) is 4.36. The molecule has 1 aromatic heterocycles. The summed E-state index contributed by atoms with van der Waals surface area (Å²) in [6.07, 6.45) is 0. The molecular formula is C11H10N2O5. The fourth-order valence-electron chi connectivity index (χ4n) is 1.60. The molecule has 94 valence electrons. The van der Waals surface area contributed by atoms with Crippen molar-refractivity contribution >= 4 is 17.0 Å². The molecule has 0 atom stereocenters. The maximum atomic E-state index is 11.9.